The Hall–Kier alpha value is -1.10. The zero-order valence-electron chi connectivity index (χ0n) is 10.3. The Kier molecular flexibility index (Phi) is 5.97. The number of nitrogens with one attached hydrogen (secondary N) is 1. The fourth-order valence-corrected chi connectivity index (χ4v) is 1.50. The Bertz CT molecular complexity index is 263. The van der Waals surface area contributed by atoms with Gasteiger partial charge in [0, 0.05) is 0 Å². The van der Waals surface area contributed by atoms with Crippen LogP contribution in [-0.2, 0) is 14.3 Å². The van der Waals surface area contributed by atoms with E-state index in [1.807, 2.05) is 6.92 Å². The number of aliphatic carboxylic acids is 1. The highest BCUT2D eigenvalue weighted by molar-refractivity contribution is 5.84. The van der Waals surface area contributed by atoms with Crippen LogP contribution in [0.25, 0.3) is 0 Å². The number of unbranched alkanes of at least 4 members (excludes halogenated alkanes) is 1. The molecule has 1 aliphatic carbocycles. The SMILES string of the molecule is CCCCC(NC(=O)COCC1CC1)C(=O)O. The van der Waals surface area contributed by atoms with Gasteiger partial charge in [-0.2, -0.15) is 0 Å². The van der Waals surface area contributed by atoms with Crippen molar-refractivity contribution in [3.63, 3.8) is 0 Å². The fourth-order valence-electron chi connectivity index (χ4n) is 1.50. The first kappa shape index (κ1) is 14.0. The van der Waals surface area contributed by atoms with E-state index in [4.69, 9.17) is 9.84 Å². The van der Waals surface area contributed by atoms with Crippen LogP contribution in [0.3, 0.4) is 0 Å². The normalized spacial score (nSPS) is 16.5. The number of ether oxygens (including phenoxy) is 1. The third kappa shape index (κ3) is 6.26. The summed E-state index contributed by atoms with van der Waals surface area (Å²) in [7, 11) is 0. The second-order valence-electron chi connectivity index (χ2n) is 4.56. The Balaban J connectivity index is 2.16. The molecule has 0 saturated heterocycles. The molecule has 0 radical (unpaired) electrons. The van der Waals surface area contributed by atoms with E-state index in [1.165, 1.54) is 12.8 Å². The molecule has 1 amide bonds. The molecule has 1 aliphatic rings. The van der Waals surface area contributed by atoms with Crippen molar-refractivity contribution >= 4 is 11.9 Å². The maximum Gasteiger partial charge on any atom is 0.326 e. The lowest BCUT2D eigenvalue weighted by molar-refractivity contribution is -0.142. The highest BCUT2D eigenvalue weighted by Crippen LogP contribution is 2.28. The highest BCUT2D eigenvalue weighted by Gasteiger charge is 2.22. The van der Waals surface area contributed by atoms with Crippen molar-refractivity contribution in [2.75, 3.05) is 13.2 Å². The number of rotatable bonds is 9. The van der Waals surface area contributed by atoms with E-state index in [1.54, 1.807) is 0 Å². The third-order valence-corrected chi connectivity index (χ3v) is 2.76. The quantitative estimate of drug-likeness (QED) is 0.637. The van der Waals surface area contributed by atoms with Gasteiger partial charge < -0.3 is 15.2 Å². The van der Waals surface area contributed by atoms with Gasteiger partial charge in [0.1, 0.15) is 12.6 Å². The number of amides is 1. The summed E-state index contributed by atoms with van der Waals surface area (Å²) in [5.41, 5.74) is 0. The monoisotopic (exact) mass is 243 g/mol. The van der Waals surface area contributed by atoms with E-state index in [0.717, 1.165) is 12.8 Å². The molecule has 1 rings (SSSR count). The minimum absolute atomic E-state index is 0.0353. The Morgan fingerprint density at radius 1 is 1.47 bits per heavy atom. The Labute approximate surface area is 102 Å². The highest BCUT2D eigenvalue weighted by atomic mass is 16.5. The molecule has 1 unspecified atom stereocenters. The molecule has 5 nitrogen and oxygen atoms in total. The van der Waals surface area contributed by atoms with Crippen LogP contribution >= 0.6 is 0 Å². The van der Waals surface area contributed by atoms with Crippen molar-refractivity contribution < 1.29 is 19.4 Å². The molecule has 0 spiro atoms. The van der Waals surface area contributed by atoms with Crippen molar-refractivity contribution in [3.05, 3.63) is 0 Å². The topological polar surface area (TPSA) is 75.6 Å². The zero-order valence-corrected chi connectivity index (χ0v) is 10.3. The minimum atomic E-state index is -0.978. The first-order valence-electron chi connectivity index (χ1n) is 6.23. The van der Waals surface area contributed by atoms with Crippen LogP contribution in [0.4, 0.5) is 0 Å². The van der Waals surface area contributed by atoms with Crippen LogP contribution in [0.2, 0.25) is 0 Å². The van der Waals surface area contributed by atoms with Gasteiger partial charge in [-0.05, 0) is 25.2 Å². The number of carboxylic acids is 1. The molecule has 0 bridgehead atoms. The summed E-state index contributed by atoms with van der Waals surface area (Å²) in [6.45, 7) is 2.56. The number of carbonyl (C=O) groups excluding carboxylic acids is 1. The van der Waals surface area contributed by atoms with Gasteiger partial charge in [0.15, 0.2) is 0 Å². The van der Waals surface area contributed by atoms with Crippen molar-refractivity contribution in [2.24, 2.45) is 5.92 Å². The molecule has 1 saturated carbocycles. The predicted octanol–water partition coefficient (Wildman–Crippen LogP) is 1.17. The molecule has 0 heterocycles. The van der Waals surface area contributed by atoms with Crippen molar-refractivity contribution in [3.8, 4) is 0 Å². The predicted molar refractivity (Wildman–Crippen MR) is 62.6 cm³/mol. The average Bonchev–Trinajstić information content (AvgIpc) is 3.07. The first-order chi connectivity index (χ1) is 8.13. The number of carboxylic acid groups (broad SMARTS) is 1. The van der Waals surface area contributed by atoms with Crippen molar-refractivity contribution in [1.29, 1.82) is 0 Å². The maximum atomic E-state index is 11.4. The minimum Gasteiger partial charge on any atom is -0.480 e. The van der Waals surface area contributed by atoms with Crippen LogP contribution in [0.15, 0.2) is 0 Å². The van der Waals surface area contributed by atoms with Gasteiger partial charge in [-0.25, -0.2) is 4.79 Å². The van der Waals surface area contributed by atoms with E-state index in [2.05, 4.69) is 5.32 Å². The van der Waals surface area contributed by atoms with E-state index < -0.39 is 12.0 Å². The van der Waals surface area contributed by atoms with Crippen molar-refractivity contribution in [1.82, 2.24) is 5.32 Å². The molecule has 0 aromatic heterocycles. The zero-order chi connectivity index (χ0) is 12.7. The van der Waals surface area contributed by atoms with E-state index in [-0.39, 0.29) is 12.5 Å². The summed E-state index contributed by atoms with van der Waals surface area (Å²) >= 11 is 0. The lowest BCUT2D eigenvalue weighted by Crippen LogP contribution is -2.42. The van der Waals surface area contributed by atoms with Gasteiger partial charge in [-0.15, -0.1) is 0 Å². The Morgan fingerprint density at radius 3 is 2.71 bits per heavy atom. The molecule has 17 heavy (non-hydrogen) atoms. The molecule has 5 heteroatoms. The van der Waals surface area contributed by atoms with Crippen LogP contribution in [-0.4, -0.2) is 36.2 Å². The Morgan fingerprint density at radius 2 is 2.18 bits per heavy atom. The number of hydrogen-bond donors (Lipinski definition) is 2. The standard InChI is InChI=1S/C12H21NO4/c1-2-3-4-10(12(15)16)13-11(14)8-17-7-9-5-6-9/h9-10H,2-8H2,1H3,(H,13,14)(H,15,16). The molecule has 1 atom stereocenters. The van der Waals surface area contributed by atoms with Crippen LogP contribution < -0.4 is 5.32 Å². The van der Waals surface area contributed by atoms with E-state index in [0.29, 0.717) is 18.9 Å². The lowest BCUT2D eigenvalue weighted by atomic mass is 10.1. The third-order valence-electron chi connectivity index (χ3n) is 2.76. The average molecular weight is 243 g/mol. The smallest absolute Gasteiger partial charge is 0.326 e. The maximum absolute atomic E-state index is 11.4. The van der Waals surface area contributed by atoms with E-state index >= 15 is 0 Å². The summed E-state index contributed by atoms with van der Waals surface area (Å²) in [5.74, 6) is -0.707. The summed E-state index contributed by atoms with van der Waals surface area (Å²) < 4.78 is 5.20. The molecule has 0 aliphatic heterocycles. The molecule has 0 aromatic carbocycles. The van der Waals surface area contributed by atoms with Gasteiger partial charge in [0.05, 0.1) is 6.61 Å². The van der Waals surface area contributed by atoms with Gasteiger partial charge in [-0.1, -0.05) is 19.8 Å². The van der Waals surface area contributed by atoms with Crippen LogP contribution in [0, 0.1) is 5.92 Å². The van der Waals surface area contributed by atoms with Gasteiger partial charge in [0.2, 0.25) is 5.91 Å². The largest absolute Gasteiger partial charge is 0.480 e. The van der Waals surface area contributed by atoms with Gasteiger partial charge in [-0.3, -0.25) is 4.79 Å². The molecule has 2 N–H and O–H groups in total. The molecular weight excluding hydrogens is 222 g/mol. The molecular formula is C12H21NO4. The molecule has 98 valence electrons. The summed E-state index contributed by atoms with van der Waals surface area (Å²) in [6, 6.07) is -0.785. The first-order valence-corrected chi connectivity index (χ1v) is 6.23. The molecule has 0 aromatic rings. The summed E-state index contributed by atoms with van der Waals surface area (Å²) in [5, 5.41) is 11.4. The summed E-state index contributed by atoms with van der Waals surface area (Å²) in [4.78, 5) is 22.3. The second-order valence-corrected chi connectivity index (χ2v) is 4.56. The summed E-state index contributed by atoms with van der Waals surface area (Å²) in [6.07, 6.45) is 4.53. The lowest BCUT2D eigenvalue weighted by Gasteiger charge is -2.14. The van der Waals surface area contributed by atoms with Crippen LogP contribution in [0.1, 0.15) is 39.0 Å². The number of carbonyl (C=O) groups is 2. The van der Waals surface area contributed by atoms with Gasteiger partial charge >= 0.3 is 5.97 Å². The van der Waals surface area contributed by atoms with Crippen LogP contribution in [0.5, 0.6) is 0 Å². The van der Waals surface area contributed by atoms with Crippen molar-refractivity contribution in [2.45, 2.75) is 45.1 Å². The molecule has 1 fully saturated rings. The number of hydrogen-bond acceptors (Lipinski definition) is 3. The second kappa shape index (κ2) is 7.27. The van der Waals surface area contributed by atoms with Gasteiger partial charge in [0.25, 0.3) is 0 Å². The fraction of sp³-hybridized carbons (Fsp3) is 0.833. The van der Waals surface area contributed by atoms with E-state index in [9.17, 15) is 9.59 Å².